The first kappa shape index (κ1) is 19.2. The summed E-state index contributed by atoms with van der Waals surface area (Å²) < 4.78 is 18.4. The van der Waals surface area contributed by atoms with E-state index in [1.807, 2.05) is 4.90 Å². The number of nitrogens with one attached hydrogen (secondary N) is 1. The van der Waals surface area contributed by atoms with E-state index in [1.165, 1.54) is 12.1 Å². The van der Waals surface area contributed by atoms with Gasteiger partial charge in [0.15, 0.2) is 6.61 Å². The first-order chi connectivity index (χ1) is 12.1. The molecule has 1 fully saturated rings. The van der Waals surface area contributed by atoms with E-state index in [0.717, 1.165) is 12.8 Å². The van der Waals surface area contributed by atoms with Crippen LogP contribution >= 0.6 is 0 Å². The maximum atomic E-state index is 13.1. The number of nitrogens with zero attached hydrogens (tertiary/aromatic N) is 2. The average molecular weight is 351 g/mol. The van der Waals surface area contributed by atoms with E-state index in [9.17, 15) is 14.0 Å². The van der Waals surface area contributed by atoms with Crippen LogP contribution in [0.1, 0.15) is 19.8 Å². The second-order valence-electron chi connectivity index (χ2n) is 6.11. The molecule has 0 spiro atoms. The minimum Gasteiger partial charge on any atom is -0.484 e. The van der Waals surface area contributed by atoms with E-state index in [4.69, 9.17) is 4.74 Å². The lowest BCUT2D eigenvalue weighted by molar-refractivity contribution is -0.135. The third-order valence-electron chi connectivity index (χ3n) is 4.10. The van der Waals surface area contributed by atoms with Crippen LogP contribution in [-0.2, 0) is 9.59 Å². The zero-order valence-corrected chi connectivity index (χ0v) is 14.7. The molecule has 0 unspecified atom stereocenters. The van der Waals surface area contributed by atoms with Gasteiger partial charge in [0.1, 0.15) is 11.6 Å². The Morgan fingerprint density at radius 2 is 2.00 bits per heavy atom. The number of amides is 2. The Labute approximate surface area is 147 Å². The average Bonchev–Trinajstić information content (AvgIpc) is 2.60. The van der Waals surface area contributed by atoms with E-state index < -0.39 is 5.82 Å². The van der Waals surface area contributed by atoms with E-state index >= 15 is 0 Å². The SMILES string of the molecule is CCCCNC(=O)CN1CCN(C(=O)COc2cccc(F)c2)CC1. The lowest BCUT2D eigenvalue weighted by Gasteiger charge is -2.34. The molecule has 0 atom stereocenters. The molecule has 1 aromatic carbocycles. The van der Waals surface area contributed by atoms with Gasteiger partial charge in [0.2, 0.25) is 5.91 Å². The van der Waals surface area contributed by atoms with Crippen LogP contribution in [0.3, 0.4) is 0 Å². The lowest BCUT2D eigenvalue weighted by atomic mass is 10.3. The quantitative estimate of drug-likeness (QED) is 0.717. The second-order valence-corrected chi connectivity index (χ2v) is 6.11. The van der Waals surface area contributed by atoms with Gasteiger partial charge in [-0.25, -0.2) is 4.39 Å². The number of hydrogen-bond donors (Lipinski definition) is 1. The molecule has 1 aromatic rings. The number of carbonyl (C=O) groups excluding carboxylic acids is 2. The van der Waals surface area contributed by atoms with Crippen LogP contribution < -0.4 is 10.1 Å². The molecule has 0 saturated carbocycles. The van der Waals surface area contributed by atoms with Crippen LogP contribution in [0.4, 0.5) is 4.39 Å². The highest BCUT2D eigenvalue weighted by molar-refractivity contribution is 5.79. The van der Waals surface area contributed by atoms with Gasteiger partial charge in [-0.2, -0.15) is 0 Å². The van der Waals surface area contributed by atoms with Gasteiger partial charge in [-0.15, -0.1) is 0 Å². The minimum atomic E-state index is -0.393. The number of carbonyl (C=O) groups is 2. The first-order valence-corrected chi connectivity index (χ1v) is 8.73. The Bertz CT molecular complexity index is 574. The summed E-state index contributed by atoms with van der Waals surface area (Å²) in [5.74, 6) is -0.148. The maximum Gasteiger partial charge on any atom is 0.260 e. The van der Waals surface area contributed by atoms with Gasteiger partial charge in [0.05, 0.1) is 6.54 Å². The van der Waals surface area contributed by atoms with Crippen LogP contribution in [-0.4, -0.2) is 67.5 Å². The number of unbranched alkanes of at least 4 members (excludes halogenated alkanes) is 1. The summed E-state index contributed by atoms with van der Waals surface area (Å²) in [5, 5.41) is 2.90. The van der Waals surface area contributed by atoms with Crippen molar-refractivity contribution in [3.8, 4) is 5.75 Å². The smallest absolute Gasteiger partial charge is 0.260 e. The molecule has 2 amide bonds. The van der Waals surface area contributed by atoms with E-state index in [0.29, 0.717) is 45.0 Å². The molecule has 6 nitrogen and oxygen atoms in total. The number of halogens is 1. The van der Waals surface area contributed by atoms with Crippen LogP contribution in [0.5, 0.6) is 5.75 Å². The summed E-state index contributed by atoms with van der Waals surface area (Å²) in [6.45, 7) is 5.50. The number of piperazine rings is 1. The summed E-state index contributed by atoms with van der Waals surface area (Å²) in [6, 6.07) is 5.74. The normalized spacial score (nSPS) is 15.0. The van der Waals surface area contributed by atoms with Crippen molar-refractivity contribution in [1.29, 1.82) is 0 Å². The third-order valence-corrected chi connectivity index (χ3v) is 4.10. The molecule has 0 aromatic heterocycles. The molecule has 25 heavy (non-hydrogen) atoms. The molecule has 1 heterocycles. The highest BCUT2D eigenvalue weighted by Crippen LogP contribution is 2.12. The third kappa shape index (κ3) is 6.70. The molecule has 0 radical (unpaired) electrons. The molecule has 1 aliphatic heterocycles. The standard InChI is InChI=1S/C18H26FN3O3/c1-2-3-7-20-17(23)13-21-8-10-22(11-9-21)18(24)14-25-16-6-4-5-15(19)12-16/h4-6,12H,2-3,7-11,13-14H2,1H3,(H,20,23). The van der Waals surface area contributed by atoms with Crippen molar-refractivity contribution in [3.05, 3.63) is 30.1 Å². The number of ether oxygens (including phenoxy) is 1. The van der Waals surface area contributed by atoms with Crippen LogP contribution in [0, 0.1) is 5.82 Å². The summed E-state index contributed by atoms with van der Waals surface area (Å²) >= 11 is 0. The number of benzene rings is 1. The van der Waals surface area contributed by atoms with E-state index in [2.05, 4.69) is 12.2 Å². The van der Waals surface area contributed by atoms with E-state index in [1.54, 1.807) is 17.0 Å². The first-order valence-electron chi connectivity index (χ1n) is 8.73. The second kappa shape index (κ2) is 9.98. The molecule has 1 saturated heterocycles. The van der Waals surface area contributed by atoms with Gasteiger partial charge in [-0.05, 0) is 18.6 Å². The number of hydrogen-bond acceptors (Lipinski definition) is 4. The van der Waals surface area contributed by atoms with Crippen molar-refractivity contribution in [1.82, 2.24) is 15.1 Å². The zero-order chi connectivity index (χ0) is 18.1. The fraction of sp³-hybridized carbons (Fsp3) is 0.556. The molecule has 1 aliphatic rings. The molecule has 2 rings (SSSR count). The van der Waals surface area contributed by atoms with Crippen molar-refractivity contribution in [3.63, 3.8) is 0 Å². The van der Waals surface area contributed by atoms with Crippen LogP contribution in [0.25, 0.3) is 0 Å². The summed E-state index contributed by atoms with van der Waals surface area (Å²) in [5.41, 5.74) is 0. The monoisotopic (exact) mass is 351 g/mol. The summed E-state index contributed by atoms with van der Waals surface area (Å²) in [6.07, 6.45) is 2.04. The Morgan fingerprint density at radius 1 is 1.24 bits per heavy atom. The largest absolute Gasteiger partial charge is 0.484 e. The van der Waals surface area contributed by atoms with Crippen molar-refractivity contribution in [2.45, 2.75) is 19.8 Å². The van der Waals surface area contributed by atoms with E-state index in [-0.39, 0.29) is 18.4 Å². The van der Waals surface area contributed by atoms with Crippen LogP contribution in [0.15, 0.2) is 24.3 Å². The van der Waals surface area contributed by atoms with Gasteiger partial charge >= 0.3 is 0 Å². The fourth-order valence-corrected chi connectivity index (χ4v) is 2.61. The molecular formula is C18H26FN3O3. The van der Waals surface area contributed by atoms with Crippen molar-refractivity contribution in [2.24, 2.45) is 0 Å². The Morgan fingerprint density at radius 3 is 2.68 bits per heavy atom. The Kier molecular flexibility index (Phi) is 7.66. The van der Waals surface area contributed by atoms with Gasteiger partial charge < -0.3 is 15.0 Å². The van der Waals surface area contributed by atoms with Crippen molar-refractivity contribution >= 4 is 11.8 Å². The molecule has 0 aliphatic carbocycles. The Hall–Kier alpha value is -2.15. The molecular weight excluding hydrogens is 325 g/mol. The predicted octanol–water partition coefficient (Wildman–Crippen LogP) is 1.27. The lowest BCUT2D eigenvalue weighted by Crippen LogP contribution is -2.52. The molecule has 7 heteroatoms. The number of rotatable bonds is 8. The summed E-state index contributed by atoms with van der Waals surface area (Å²) in [7, 11) is 0. The van der Waals surface area contributed by atoms with Gasteiger partial charge in [0, 0.05) is 38.8 Å². The predicted molar refractivity (Wildman–Crippen MR) is 92.8 cm³/mol. The highest BCUT2D eigenvalue weighted by atomic mass is 19.1. The van der Waals surface area contributed by atoms with Gasteiger partial charge in [-0.1, -0.05) is 19.4 Å². The van der Waals surface area contributed by atoms with Gasteiger partial charge in [-0.3, -0.25) is 14.5 Å². The fourth-order valence-electron chi connectivity index (χ4n) is 2.61. The molecule has 138 valence electrons. The van der Waals surface area contributed by atoms with Crippen molar-refractivity contribution < 1.29 is 18.7 Å². The topological polar surface area (TPSA) is 61.9 Å². The summed E-state index contributed by atoms with van der Waals surface area (Å²) in [4.78, 5) is 27.7. The zero-order valence-electron chi connectivity index (χ0n) is 14.7. The molecule has 0 bridgehead atoms. The Balaban J connectivity index is 1.67. The van der Waals surface area contributed by atoms with Crippen molar-refractivity contribution in [2.75, 3.05) is 45.9 Å². The molecule has 1 N–H and O–H groups in total. The van der Waals surface area contributed by atoms with Crippen LogP contribution in [0.2, 0.25) is 0 Å². The van der Waals surface area contributed by atoms with Gasteiger partial charge in [0.25, 0.3) is 5.91 Å². The highest BCUT2D eigenvalue weighted by Gasteiger charge is 2.22. The minimum absolute atomic E-state index is 0.0302. The maximum absolute atomic E-state index is 13.1.